The summed E-state index contributed by atoms with van der Waals surface area (Å²) >= 11 is 6.89. The lowest BCUT2D eigenvalue weighted by molar-refractivity contribution is 0.102. The van der Waals surface area contributed by atoms with E-state index in [9.17, 15) is 22.0 Å². The first-order valence-corrected chi connectivity index (χ1v) is 12.3. The van der Waals surface area contributed by atoms with Crippen molar-refractivity contribution in [3.05, 3.63) is 75.4 Å². The molecule has 32 heavy (non-hydrogen) atoms. The van der Waals surface area contributed by atoms with Gasteiger partial charge >= 0.3 is 0 Å². The Morgan fingerprint density at radius 2 is 1.66 bits per heavy atom. The lowest BCUT2D eigenvalue weighted by Gasteiger charge is -2.35. The number of sulfonamides is 1. The summed E-state index contributed by atoms with van der Waals surface area (Å²) in [6.45, 7) is 1.48. The molecule has 168 valence electrons. The molecule has 1 fully saturated rings. The Hall–Kier alpha value is -2.53. The summed E-state index contributed by atoms with van der Waals surface area (Å²) in [6, 6.07) is 11.6. The molecule has 2 heterocycles. The molecule has 1 amide bonds. The highest BCUT2D eigenvalue weighted by Gasteiger charge is 2.32. The number of anilines is 2. The Morgan fingerprint density at radius 3 is 2.31 bits per heavy atom. The first kappa shape index (κ1) is 22.7. The van der Waals surface area contributed by atoms with Crippen LogP contribution in [0.1, 0.15) is 9.67 Å². The second-order valence-corrected chi connectivity index (χ2v) is 10.3. The van der Waals surface area contributed by atoms with Crippen molar-refractivity contribution in [3.63, 3.8) is 0 Å². The van der Waals surface area contributed by atoms with Gasteiger partial charge in [-0.3, -0.25) is 4.79 Å². The Bertz CT molecular complexity index is 1240. The van der Waals surface area contributed by atoms with Gasteiger partial charge in [0.05, 0.1) is 0 Å². The van der Waals surface area contributed by atoms with Crippen molar-refractivity contribution in [2.75, 3.05) is 36.4 Å². The highest BCUT2D eigenvalue weighted by Crippen LogP contribution is 2.28. The minimum atomic E-state index is -3.91. The Kier molecular flexibility index (Phi) is 6.47. The van der Waals surface area contributed by atoms with Crippen molar-refractivity contribution in [3.8, 4) is 0 Å². The fourth-order valence-electron chi connectivity index (χ4n) is 3.41. The molecule has 1 aliphatic heterocycles. The molecule has 6 nitrogen and oxygen atoms in total. The molecular formula is C21H18ClF2N3O3S2. The van der Waals surface area contributed by atoms with E-state index in [1.54, 1.807) is 12.1 Å². The molecule has 3 aromatic rings. The third-order valence-corrected chi connectivity index (χ3v) is 8.30. The maximum Gasteiger partial charge on any atom is 0.267 e. The molecule has 0 radical (unpaired) electrons. The lowest BCUT2D eigenvalue weighted by Crippen LogP contribution is -2.48. The van der Waals surface area contributed by atoms with Crippen LogP contribution in [0.2, 0.25) is 5.02 Å². The smallest absolute Gasteiger partial charge is 0.267 e. The van der Waals surface area contributed by atoms with E-state index in [0.29, 0.717) is 18.1 Å². The van der Waals surface area contributed by atoms with Crippen molar-refractivity contribution in [2.45, 2.75) is 4.90 Å². The second-order valence-electron chi connectivity index (χ2n) is 7.06. The molecular weight excluding hydrogens is 480 g/mol. The summed E-state index contributed by atoms with van der Waals surface area (Å²) in [7, 11) is -3.91. The average molecular weight is 498 g/mol. The van der Waals surface area contributed by atoms with Crippen LogP contribution in [0.4, 0.5) is 20.2 Å². The van der Waals surface area contributed by atoms with Crippen molar-refractivity contribution >= 4 is 50.2 Å². The first-order chi connectivity index (χ1) is 15.3. The van der Waals surface area contributed by atoms with Crippen molar-refractivity contribution in [2.24, 2.45) is 0 Å². The van der Waals surface area contributed by atoms with Crippen LogP contribution in [-0.4, -0.2) is 44.8 Å². The molecule has 0 saturated carbocycles. The topological polar surface area (TPSA) is 69.7 Å². The normalized spacial score (nSPS) is 15.0. The summed E-state index contributed by atoms with van der Waals surface area (Å²) in [4.78, 5) is 14.6. The predicted molar refractivity (Wildman–Crippen MR) is 121 cm³/mol. The number of rotatable bonds is 5. The first-order valence-electron chi connectivity index (χ1n) is 9.60. The number of hydrogen-bond donors (Lipinski definition) is 1. The van der Waals surface area contributed by atoms with Crippen molar-refractivity contribution < 1.29 is 22.0 Å². The average Bonchev–Trinajstić information content (AvgIpc) is 3.28. The van der Waals surface area contributed by atoms with Gasteiger partial charge in [-0.15, -0.1) is 11.3 Å². The number of carbonyl (C=O) groups is 1. The molecule has 1 N–H and O–H groups in total. The monoisotopic (exact) mass is 497 g/mol. The second kappa shape index (κ2) is 9.14. The highest BCUT2D eigenvalue weighted by molar-refractivity contribution is 7.89. The molecule has 1 saturated heterocycles. The third kappa shape index (κ3) is 4.63. The van der Waals surface area contributed by atoms with Gasteiger partial charge < -0.3 is 10.2 Å². The molecule has 0 bridgehead atoms. The number of nitrogens with zero attached hydrogens (tertiary/aromatic N) is 2. The van der Waals surface area contributed by atoms with Gasteiger partial charge in [0.2, 0.25) is 10.0 Å². The minimum Gasteiger partial charge on any atom is -0.369 e. The zero-order valence-corrected chi connectivity index (χ0v) is 19.0. The van der Waals surface area contributed by atoms with E-state index in [0.717, 1.165) is 29.2 Å². The van der Waals surface area contributed by atoms with Crippen LogP contribution in [0.15, 0.2) is 58.8 Å². The van der Waals surface area contributed by atoms with E-state index < -0.39 is 27.6 Å². The number of piperazine rings is 1. The SMILES string of the molecule is O=C(Nc1ccc(F)c(F)c1)c1sccc1S(=O)(=O)N1CCN(c2ccc(Cl)cc2)CC1. The number of halogens is 3. The van der Waals surface area contributed by atoms with E-state index in [-0.39, 0.29) is 28.5 Å². The maximum atomic E-state index is 13.4. The number of hydrogen-bond acceptors (Lipinski definition) is 5. The van der Waals surface area contributed by atoms with Gasteiger partial charge in [0, 0.05) is 48.6 Å². The van der Waals surface area contributed by atoms with Crippen LogP contribution in [0, 0.1) is 11.6 Å². The summed E-state index contributed by atoms with van der Waals surface area (Å²) < 4.78 is 54.3. The molecule has 0 unspecified atom stereocenters. The maximum absolute atomic E-state index is 13.4. The van der Waals surface area contributed by atoms with Gasteiger partial charge in [0.15, 0.2) is 11.6 Å². The number of carbonyl (C=O) groups excluding carboxylic acids is 1. The fraction of sp³-hybridized carbons (Fsp3) is 0.190. The fourth-order valence-corrected chi connectivity index (χ4v) is 6.25. The van der Waals surface area contributed by atoms with Crippen molar-refractivity contribution in [1.82, 2.24) is 4.31 Å². The Balaban J connectivity index is 1.48. The van der Waals surface area contributed by atoms with Crippen molar-refractivity contribution in [1.29, 1.82) is 0 Å². The number of benzene rings is 2. The van der Waals surface area contributed by atoms with Crippen LogP contribution in [-0.2, 0) is 10.0 Å². The minimum absolute atomic E-state index is 0.0186. The number of amides is 1. The molecule has 0 aliphatic carbocycles. The molecule has 1 aromatic heterocycles. The third-order valence-electron chi connectivity index (χ3n) is 5.06. The van der Waals surface area contributed by atoms with E-state index in [2.05, 4.69) is 10.2 Å². The predicted octanol–water partition coefficient (Wildman–Crippen LogP) is 4.44. The number of thiophene rings is 1. The van der Waals surface area contributed by atoms with Crippen LogP contribution in [0.25, 0.3) is 0 Å². The zero-order valence-electron chi connectivity index (χ0n) is 16.6. The van der Waals surface area contributed by atoms with Gasteiger partial charge in [-0.2, -0.15) is 4.31 Å². The molecule has 2 aromatic carbocycles. The molecule has 0 atom stereocenters. The van der Waals surface area contributed by atoms with Gasteiger partial charge in [-0.05, 0) is 47.8 Å². The van der Waals surface area contributed by atoms with Crippen LogP contribution in [0.5, 0.6) is 0 Å². The van der Waals surface area contributed by atoms with Gasteiger partial charge in [0.1, 0.15) is 9.77 Å². The Morgan fingerprint density at radius 1 is 0.969 bits per heavy atom. The van der Waals surface area contributed by atoms with Gasteiger partial charge in [0.25, 0.3) is 5.91 Å². The largest absolute Gasteiger partial charge is 0.369 e. The molecule has 4 rings (SSSR count). The molecule has 11 heteroatoms. The quantitative estimate of drug-likeness (QED) is 0.565. The lowest BCUT2D eigenvalue weighted by atomic mass is 10.2. The summed E-state index contributed by atoms with van der Waals surface area (Å²) in [5.41, 5.74) is 0.982. The number of nitrogens with one attached hydrogen (secondary N) is 1. The Labute approximate surface area is 193 Å². The van der Waals surface area contributed by atoms with Gasteiger partial charge in [-0.1, -0.05) is 11.6 Å². The summed E-state index contributed by atoms with van der Waals surface area (Å²) in [5, 5.41) is 4.56. The molecule has 1 aliphatic rings. The van der Waals surface area contributed by atoms with E-state index in [1.165, 1.54) is 21.8 Å². The van der Waals surface area contributed by atoms with Crippen LogP contribution < -0.4 is 10.2 Å². The summed E-state index contributed by atoms with van der Waals surface area (Å²) in [6.07, 6.45) is 0. The van der Waals surface area contributed by atoms with E-state index >= 15 is 0 Å². The zero-order chi connectivity index (χ0) is 22.9. The van der Waals surface area contributed by atoms with Crippen LogP contribution in [0.3, 0.4) is 0 Å². The van der Waals surface area contributed by atoms with E-state index in [1.807, 2.05) is 12.1 Å². The van der Waals surface area contributed by atoms with Gasteiger partial charge in [-0.25, -0.2) is 17.2 Å². The van der Waals surface area contributed by atoms with E-state index in [4.69, 9.17) is 11.6 Å². The van der Waals surface area contributed by atoms with Crippen LogP contribution >= 0.6 is 22.9 Å². The highest BCUT2D eigenvalue weighted by atomic mass is 35.5. The summed E-state index contributed by atoms with van der Waals surface area (Å²) in [5.74, 6) is -2.86. The molecule has 0 spiro atoms. The standard InChI is InChI=1S/C21H18ClF2N3O3S2/c22-14-1-4-16(5-2-14)26-8-10-27(11-9-26)32(29,30)19-7-12-31-20(19)21(28)25-15-3-6-17(23)18(24)13-15/h1-7,12-13H,8-11H2,(H,25,28).